The topological polar surface area (TPSA) is 114 Å². The number of nitrogens with zero attached hydrogens (tertiary/aromatic N) is 2. The molecular formula is C20H28N2O7S. The lowest BCUT2D eigenvalue weighted by atomic mass is 10.1. The minimum atomic E-state index is -3.15. The highest BCUT2D eigenvalue weighted by Crippen LogP contribution is 2.22. The van der Waals surface area contributed by atoms with Crippen LogP contribution in [0.5, 0.6) is 0 Å². The predicted molar refractivity (Wildman–Crippen MR) is 107 cm³/mol. The van der Waals surface area contributed by atoms with Crippen molar-refractivity contribution in [2.45, 2.75) is 45.2 Å². The Morgan fingerprint density at radius 3 is 2.67 bits per heavy atom. The number of furan rings is 1. The van der Waals surface area contributed by atoms with Crippen LogP contribution in [0.15, 0.2) is 22.8 Å². The van der Waals surface area contributed by atoms with Crippen LogP contribution in [0, 0.1) is 5.92 Å². The van der Waals surface area contributed by atoms with Gasteiger partial charge in [0, 0.05) is 19.1 Å². The third-order valence-corrected chi connectivity index (χ3v) is 7.14. The van der Waals surface area contributed by atoms with Crippen molar-refractivity contribution < 1.29 is 32.0 Å². The average molecular weight is 441 g/mol. The highest BCUT2D eigenvalue weighted by molar-refractivity contribution is 7.91. The lowest BCUT2D eigenvalue weighted by Crippen LogP contribution is -2.46. The molecule has 2 saturated heterocycles. The molecule has 3 rings (SSSR count). The van der Waals surface area contributed by atoms with Crippen molar-refractivity contribution >= 4 is 27.6 Å². The molecule has 1 aromatic rings. The molecule has 10 heteroatoms. The summed E-state index contributed by atoms with van der Waals surface area (Å²) >= 11 is 0. The summed E-state index contributed by atoms with van der Waals surface area (Å²) in [6, 6.07) is 1.97. The fourth-order valence-corrected chi connectivity index (χ4v) is 5.71. The van der Waals surface area contributed by atoms with E-state index in [1.807, 2.05) is 13.8 Å². The van der Waals surface area contributed by atoms with E-state index < -0.39 is 40.4 Å². The van der Waals surface area contributed by atoms with Crippen LogP contribution >= 0.6 is 0 Å². The molecule has 2 fully saturated rings. The lowest BCUT2D eigenvalue weighted by Gasteiger charge is -2.30. The maximum atomic E-state index is 12.8. The SMILES string of the molecule is CC(C)CN(C(=O)COC(=O)C1CCCN1C(=O)c1ccco1)C1CCS(=O)(=O)C1. The molecule has 1 aromatic heterocycles. The Bertz CT molecular complexity index is 879. The average Bonchev–Trinajstić information content (AvgIpc) is 3.43. The first kappa shape index (κ1) is 22.3. The number of sulfone groups is 1. The van der Waals surface area contributed by atoms with E-state index in [-0.39, 0.29) is 29.1 Å². The number of rotatable bonds is 7. The van der Waals surface area contributed by atoms with Crippen LogP contribution in [0.2, 0.25) is 0 Å². The number of hydrogen-bond acceptors (Lipinski definition) is 7. The molecule has 2 unspecified atom stereocenters. The Hall–Kier alpha value is -2.36. The number of ether oxygens (including phenoxy) is 1. The van der Waals surface area contributed by atoms with E-state index in [4.69, 9.17) is 9.15 Å². The third kappa shape index (κ3) is 5.21. The van der Waals surface area contributed by atoms with Gasteiger partial charge < -0.3 is 19.0 Å². The monoisotopic (exact) mass is 440 g/mol. The van der Waals surface area contributed by atoms with E-state index in [1.54, 1.807) is 6.07 Å². The maximum Gasteiger partial charge on any atom is 0.329 e. The molecule has 166 valence electrons. The van der Waals surface area contributed by atoms with Gasteiger partial charge in [0.2, 0.25) is 0 Å². The van der Waals surface area contributed by atoms with Crippen LogP contribution in [0.25, 0.3) is 0 Å². The van der Waals surface area contributed by atoms with Gasteiger partial charge in [0.25, 0.3) is 11.8 Å². The fourth-order valence-electron chi connectivity index (χ4n) is 3.98. The molecule has 9 nitrogen and oxygen atoms in total. The first-order chi connectivity index (χ1) is 14.2. The first-order valence-electron chi connectivity index (χ1n) is 10.2. The number of likely N-dealkylation sites (tertiary alicyclic amines) is 1. The molecule has 2 amide bonds. The molecule has 2 aliphatic heterocycles. The van der Waals surface area contributed by atoms with Gasteiger partial charge in [0.1, 0.15) is 6.04 Å². The second kappa shape index (κ2) is 9.20. The third-order valence-electron chi connectivity index (χ3n) is 5.39. The van der Waals surface area contributed by atoms with Crippen molar-refractivity contribution in [3.63, 3.8) is 0 Å². The number of hydrogen-bond donors (Lipinski definition) is 0. The highest BCUT2D eigenvalue weighted by Gasteiger charge is 2.38. The summed E-state index contributed by atoms with van der Waals surface area (Å²) in [5, 5.41) is 0. The molecule has 0 aliphatic carbocycles. The van der Waals surface area contributed by atoms with Crippen molar-refractivity contribution in [2.24, 2.45) is 5.92 Å². The Morgan fingerprint density at radius 2 is 2.07 bits per heavy atom. The minimum Gasteiger partial charge on any atom is -0.459 e. The smallest absolute Gasteiger partial charge is 0.329 e. The Labute approximate surface area is 176 Å². The van der Waals surface area contributed by atoms with Gasteiger partial charge in [-0.15, -0.1) is 0 Å². The van der Waals surface area contributed by atoms with Crippen LogP contribution in [0.4, 0.5) is 0 Å². The molecule has 3 heterocycles. The molecular weight excluding hydrogens is 412 g/mol. The van der Waals surface area contributed by atoms with Gasteiger partial charge in [-0.1, -0.05) is 13.8 Å². The van der Waals surface area contributed by atoms with Crippen LogP contribution < -0.4 is 0 Å². The van der Waals surface area contributed by atoms with E-state index in [0.29, 0.717) is 32.4 Å². The quantitative estimate of drug-likeness (QED) is 0.583. The summed E-state index contributed by atoms with van der Waals surface area (Å²) in [6.07, 6.45) is 2.89. The number of carbonyl (C=O) groups excluding carboxylic acids is 3. The Morgan fingerprint density at radius 1 is 1.30 bits per heavy atom. The minimum absolute atomic E-state index is 0.0608. The van der Waals surface area contributed by atoms with Crippen LogP contribution in [0.3, 0.4) is 0 Å². The Balaban J connectivity index is 1.60. The van der Waals surface area contributed by atoms with Crippen LogP contribution in [-0.4, -0.2) is 79.3 Å². The molecule has 0 spiro atoms. The largest absolute Gasteiger partial charge is 0.459 e. The van der Waals surface area contributed by atoms with E-state index >= 15 is 0 Å². The van der Waals surface area contributed by atoms with Gasteiger partial charge in [-0.2, -0.15) is 0 Å². The predicted octanol–water partition coefficient (Wildman–Crippen LogP) is 1.10. The van der Waals surface area contributed by atoms with Crippen LogP contribution in [-0.2, 0) is 24.2 Å². The van der Waals surface area contributed by atoms with Gasteiger partial charge in [0.05, 0.1) is 17.8 Å². The Kier molecular flexibility index (Phi) is 6.84. The van der Waals surface area contributed by atoms with E-state index in [9.17, 15) is 22.8 Å². The van der Waals surface area contributed by atoms with Gasteiger partial charge >= 0.3 is 5.97 Å². The van der Waals surface area contributed by atoms with Crippen molar-refractivity contribution in [1.82, 2.24) is 9.80 Å². The highest BCUT2D eigenvalue weighted by atomic mass is 32.2. The molecule has 0 aromatic carbocycles. The molecule has 30 heavy (non-hydrogen) atoms. The summed E-state index contributed by atoms with van der Waals surface area (Å²) in [4.78, 5) is 40.8. The van der Waals surface area contributed by atoms with Gasteiger partial charge in [-0.3, -0.25) is 9.59 Å². The van der Waals surface area contributed by atoms with E-state index in [1.165, 1.54) is 22.1 Å². The lowest BCUT2D eigenvalue weighted by molar-refractivity contribution is -0.156. The van der Waals surface area contributed by atoms with Crippen molar-refractivity contribution in [2.75, 3.05) is 31.2 Å². The number of amides is 2. The zero-order valence-electron chi connectivity index (χ0n) is 17.3. The summed E-state index contributed by atoms with van der Waals surface area (Å²) in [7, 11) is -3.15. The summed E-state index contributed by atoms with van der Waals surface area (Å²) in [5.74, 6) is -1.15. The zero-order valence-corrected chi connectivity index (χ0v) is 18.1. The number of esters is 1. The fraction of sp³-hybridized carbons (Fsp3) is 0.650. The number of carbonyl (C=O) groups is 3. The van der Waals surface area contributed by atoms with Crippen molar-refractivity contribution in [3.8, 4) is 0 Å². The summed E-state index contributed by atoms with van der Waals surface area (Å²) in [6.45, 7) is 4.20. The van der Waals surface area contributed by atoms with Gasteiger partial charge in [-0.05, 0) is 37.3 Å². The summed E-state index contributed by atoms with van der Waals surface area (Å²) < 4.78 is 34.0. The van der Waals surface area contributed by atoms with E-state index in [0.717, 1.165) is 0 Å². The molecule has 0 radical (unpaired) electrons. The van der Waals surface area contributed by atoms with Crippen molar-refractivity contribution in [1.29, 1.82) is 0 Å². The summed E-state index contributed by atoms with van der Waals surface area (Å²) in [5.41, 5.74) is 0. The second-order valence-corrected chi connectivity index (χ2v) is 10.5. The second-order valence-electron chi connectivity index (χ2n) is 8.24. The molecule has 2 aliphatic rings. The van der Waals surface area contributed by atoms with Crippen molar-refractivity contribution in [3.05, 3.63) is 24.2 Å². The first-order valence-corrected chi connectivity index (χ1v) is 12.0. The molecule has 0 saturated carbocycles. The van der Waals surface area contributed by atoms with Gasteiger partial charge in [0.15, 0.2) is 22.2 Å². The van der Waals surface area contributed by atoms with Crippen LogP contribution in [0.1, 0.15) is 43.7 Å². The maximum absolute atomic E-state index is 12.8. The van der Waals surface area contributed by atoms with E-state index in [2.05, 4.69) is 0 Å². The standard InChI is InChI=1S/C20H28N2O7S/c1-14(2)11-22(15-7-10-30(26,27)13-15)18(23)12-29-20(25)16-5-3-8-21(16)19(24)17-6-4-9-28-17/h4,6,9,14-16H,3,5,7-8,10-13H2,1-2H3. The molecule has 0 bridgehead atoms. The molecule has 0 N–H and O–H groups in total. The molecule has 2 atom stereocenters. The normalized spacial score (nSPS) is 23.0. The van der Waals surface area contributed by atoms with Gasteiger partial charge in [-0.25, -0.2) is 13.2 Å². The zero-order chi connectivity index (χ0) is 21.9.